The number of hydrogen-bond donors (Lipinski definition) is 10. The number of piperidine rings is 1. The fourth-order valence-corrected chi connectivity index (χ4v) is 10.4. The second-order valence-corrected chi connectivity index (χ2v) is 24.0. The number of carbonyl (C=O) groups is 10. The lowest BCUT2D eigenvalue weighted by Gasteiger charge is -2.38. The summed E-state index contributed by atoms with van der Waals surface area (Å²) in [5.74, 6) is -7.17. The number of carbonyl (C=O) groups excluding carboxylic acids is 8. The van der Waals surface area contributed by atoms with Crippen LogP contribution < -0.4 is 43.4 Å². The van der Waals surface area contributed by atoms with E-state index in [4.69, 9.17) is 32.6 Å². The minimum atomic E-state index is -1.38. The summed E-state index contributed by atoms with van der Waals surface area (Å²) >= 11 is 1.09. The summed E-state index contributed by atoms with van der Waals surface area (Å²) in [7, 11) is 1.94. The molecule has 2 aromatic rings. The van der Waals surface area contributed by atoms with Crippen molar-refractivity contribution in [3.8, 4) is 12.3 Å². The van der Waals surface area contributed by atoms with Gasteiger partial charge < -0.3 is 58.3 Å². The van der Waals surface area contributed by atoms with Crippen LogP contribution in [0.5, 0.6) is 0 Å². The van der Waals surface area contributed by atoms with Gasteiger partial charge in [0.1, 0.15) is 28.8 Å². The summed E-state index contributed by atoms with van der Waals surface area (Å²) in [5.41, 5.74) is 10.6. The fourth-order valence-electron chi connectivity index (χ4n) is 9.59. The lowest BCUT2D eigenvalue weighted by atomic mass is 9.80. The fraction of sp³-hybridized carbons (Fsp3) is 0.644. The normalized spacial score (nSPS) is 16.4. The Balaban J connectivity index is 1.91. The average Bonchev–Trinajstić information content (AvgIpc) is 3.89. The predicted molar refractivity (Wildman–Crippen MR) is 319 cm³/mol. The van der Waals surface area contributed by atoms with Crippen molar-refractivity contribution in [3.05, 3.63) is 40.2 Å². The Labute approximate surface area is 502 Å². The third-order valence-corrected chi connectivity index (χ3v) is 15.8. The Morgan fingerprint density at radius 1 is 0.906 bits per heavy atom. The number of nitrogens with two attached hydrogens (primary N) is 2. The van der Waals surface area contributed by atoms with Crippen LogP contribution in [0.3, 0.4) is 0 Å². The van der Waals surface area contributed by atoms with Gasteiger partial charge in [-0.15, -0.1) is 23.7 Å². The molecule has 9 atom stereocenters. The number of carboxylic acid groups (broad SMARTS) is 2. The molecule has 3 rings (SSSR count). The summed E-state index contributed by atoms with van der Waals surface area (Å²) in [6, 6.07) is 1.28. The summed E-state index contributed by atoms with van der Waals surface area (Å²) in [5, 5.41) is 38.6. The van der Waals surface area contributed by atoms with Crippen molar-refractivity contribution >= 4 is 82.2 Å². The zero-order valence-electron chi connectivity index (χ0n) is 50.8. The van der Waals surface area contributed by atoms with Crippen LogP contribution >= 0.6 is 11.3 Å². The Morgan fingerprint density at radius 3 is 2.16 bits per heavy atom. The summed E-state index contributed by atoms with van der Waals surface area (Å²) in [4.78, 5) is 144. The number of unbranched alkanes of at least 4 members (excludes halogenated alkanes) is 1. The number of anilines is 2. The molecule has 0 radical (unpaired) electrons. The van der Waals surface area contributed by atoms with E-state index in [0.29, 0.717) is 24.8 Å². The zero-order chi connectivity index (χ0) is 63.7. The maximum Gasteiger partial charge on any atom is 0.312 e. The number of thiazole rings is 1. The molecule has 1 aromatic heterocycles. The molecule has 2 heterocycles. The van der Waals surface area contributed by atoms with Gasteiger partial charge in [0.05, 0.1) is 30.3 Å². The lowest BCUT2D eigenvalue weighted by Crippen LogP contribution is -2.56. The highest BCUT2D eigenvalue weighted by Gasteiger charge is 2.42. The number of carboxylic acids is 2. The molecule has 0 unspecified atom stereocenters. The molecule has 26 heteroatoms. The van der Waals surface area contributed by atoms with Crippen LogP contribution in [-0.4, -0.2) is 142 Å². The van der Waals surface area contributed by atoms with Crippen LogP contribution in [0.15, 0.2) is 29.6 Å². The molecule has 0 bridgehead atoms. The van der Waals surface area contributed by atoms with Gasteiger partial charge in [-0.05, 0) is 121 Å². The first-order valence-electron chi connectivity index (χ1n) is 29.1. The van der Waals surface area contributed by atoms with E-state index in [0.717, 1.165) is 37.1 Å². The van der Waals surface area contributed by atoms with Crippen molar-refractivity contribution in [2.75, 3.05) is 37.4 Å². The molecule has 25 nitrogen and oxygen atoms in total. The monoisotopic (exact) mass is 1210 g/mol. The second-order valence-electron chi connectivity index (χ2n) is 23.1. The Hall–Kier alpha value is -7.21. The van der Waals surface area contributed by atoms with E-state index < -0.39 is 113 Å². The van der Waals surface area contributed by atoms with Gasteiger partial charge in [-0.1, -0.05) is 60.1 Å². The minimum absolute atomic E-state index is 0.0124. The third-order valence-electron chi connectivity index (χ3n) is 14.9. The molecule has 1 fully saturated rings. The number of urea groups is 1. The van der Waals surface area contributed by atoms with Crippen LogP contribution in [0.4, 0.5) is 16.3 Å². The van der Waals surface area contributed by atoms with Gasteiger partial charge in [0, 0.05) is 49.7 Å². The topological polar surface area (TPSA) is 373 Å². The van der Waals surface area contributed by atoms with Crippen LogP contribution in [0.1, 0.15) is 156 Å². The number of esters is 1. The third kappa shape index (κ3) is 24.0. The van der Waals surface area contributed by atoms with Crippen LogP contribution in [0.25, 0.3) is 0 Å². The molecule has 8 amide bonds. The van der Waals surface area contributed by atoms with Crippen molar-refractivity contribution in [2.45, 2.75) is 182 Å². The van der Waals surface area contributed by atoms with Gasteiger partial charge in [-0.2, -0.15) is 0 Å². The Kier molecular flexibility index (Phi) is 29.9. The van der Waals surface area contributed by atoms with Gasteiger partial charge in [-0.3, -0.25) is 52.9 Å². The average molecular weight is 1210 g/mol. The number of likely N-dealkylation sites (tertiary alicyclic amines) is 1. The number of hydrogen-bond acceptors (Lipinski definition) is 16. The minimum Gasteiger partial charge on any atom is -0.481 e. The van der Waals surface area contributed by atoms with Crippen molar-refractivity contribution in [1.29, 1.82) is 0 Å². The highest BCUT2D eigenvalue weighted by molar-refractivity contribution is 7.10. The Bertz CT molecular complexity index is 2620. The number of aliphatic carboxylic acids is 2. The number of ether oxygens (including phenoxy) is 1. The molecule has 1 aliphatic heterocycles. The first-order valence-corrected chi connectivity index (χ1v) is 30.0. The molecule has 1 aliphatic rings. The molecule has 472 valence electrons. The molecular formula is C59H91N11O14S. The predicted octanol–water partition coefficient (Wildman–Crippen LogP) is 5.06. The van der Waals surface area contributed by atoms with E-state index >= 15 is 0 Å². The number of aromatic nitrogens is 1. The summed E-state index contributed by atoms with van der Waals surface area (Å²) < 4.78 is 5.89. The number of hydroxylamine groups is 2. The van der Waals surface area contributed by atoms with Crippen molar-refractivity contribution in [2.24, 2.45) is 46.5 Å². The number of terminal acetylenes is 1. The van der Waals surface area contributed by atoms with E-state index in [2.05, 4.69) is 47.7 Å². The number of nitrogens with zero attached hydrogens (tertiary/aromatic N) is 3. The van der Waals surface area contributed by atoms with Crippen LogP contribution in [-0.2, 0) is 59.1 Å². The van der Waals surface area contributed by atoms with E-state index in [1.165, 1.54) is 25.8 Å². The highest BCUT2D eigenvalue weighted by Crippen LogP contribution is 2.35. The zero-order valence-corrected chi connectivity index (χ0v) is 51.6. The quantitative estimate of drug-likeness (QED) is 0.0140. The molecule has 85 heavy (non-hydrogen) atoms. The highest BCUT2D eigenvalue weighted by atomic mass is 32.1. The smallest absolute Gasteiger partial charge is 0.312 e. The van der Waals surface area contributed by atoms with E-state index in [1.54, 1.807) is 43.5 Å². The molecule has 1 saturated heterocycles. The number of rotatable bonds is 36. The molecule has 12 N–H and O–H groups in total. The summed E-state index contributed by atoms with van der Waals surface area (Å²) in [6.45, 7) is 16.0. The second kappa shape index (κ2) is 35.3. The molecular weight excluding hydrogens is 1120 g/mol. The number of benzene rings is 1. The van der Waals surface area contributed by atoms with Gasteiger partial charge >= 0.3 is 23.9 Å². The SMILES string of the molecule is C#CCCCON(C(=O)[C@H](C(=O)N[C@H]1CCCCN1C)[C@@H](C)CC)[C@H](C[C@@H](OC(C)=O)c1nc(NC(=O)[C@@H](Cc2ccc(NC(=O)[C@H](CCCNC(N)=O)NC(=O)[C@@H](NC(=O)[C@@H](N)CCC(=O)O)C(C)C)cc2)CC(C)(C)C(=O)O)cs1)C(C)C. The van der Waals surface area contributed by atoms with Gasteiger partial charge in [0.15, 0.2) is 6.10 Å². The number of nitrogens with one attached hydrogen (secondary N) is 6. The van der Waals surface area contributed by atoms with Crippen LogP contribution in [0, 0.1) is 47.3 Å². The summed E-state index contributed by atoms with van der Waals surface area (Å²) in [6.07, 6.45) is 7.82. The van der Waals surface area contributed by atoms with Gasteiger partial charge in [0.25, 0.3) is 5.91 Å². The lowest BCUT2D eigenvalue weighted by molar-refractivity contribution is -0.215. The standard InChI is InChI=1S/C59H91N11O14S/c1-12-14-17-29-83-70(56(79)48(36(7)13-2)53(77)67-46-20-15-16-28-69(46)11)43(34(3)4)31-44(84-37(8)71)55-66-45(33-85-55)65-50(74)39(32-59(9,10)57(80)81)30-38-21-23-40(24-22-38)63-52(76)42(19-18-27-62-58(61)82)64-54(78)49(35(5)6)68-51(75)41(60)25-26-47(72)73/h1,21-24,33-36,39,41-44,46,48-49H,13-20,25-32,60H2,2-11H3,(H,63,76)(H,64,78)(H,65,74)(H,67,77)(H,68,75)(H,72,73)(H,80,81)(H3,61,62,82)/t36-,39-,41-,42-,43+,44+,46+,48-,49-/m0/s1. The maximum absolute atomic E-state index is 14.9. The first kappa shape index (κ1) is 72.1. The first-order chi connectivity index (χ1) is 40.0. The molecule has 1 aromatic carbocycles. The van der Waals surface area contributed by atoms with E-state index in [-0.39, 0.29) is 92.6 Å². The van der Waals surface area contributed by atoms with Crippen molar-refractivity contribution in [1.82, 2.24) is 36.2 Å². The maximum atomic E-state index is 14.9. The van der Waals surface area contributed by atoms with E-state index in [9.17, 15) is 53.1 Å². The number of amides is 8. The largest absolute Gasteiger partial charge is 0.481 e. The Morgan fingerprint density at radius 2 is 1.59 bits per heavy atom. The molecule has 0 saturated carbocycles. The van der Waals surface area contributed by atoms with E-state index in [1.807, 2.05) is 34.7 Å². The van der Waals surface area contributed by atoms with Crippen LogP contribution in [0.2, 0.25) is 0 Å². The van der Waals surface area contributed by atoms with Crippen molar-refractivity contribution < 1.29 is 67.7 Å². The van der Waals surface area contributed by atoms with Gasteiger partial charge in [0.2, 0.25) is 29.5 Å². The van der Waals surface area contributed by atoms with Gasteiger partial charge in [-0.25, -0.2) is 14.8 Å². The van der Waals surface area contributed by atoms with Crippen molar-refractivity contribution in [3.63, 3.8) is 0 Å². The molecule has 0 spiro atoms. The molecule has 0 aliphatic carbocycles. The number of primary amides is 1.